The maximum absolute atomic E-state index is 12.4. The van der Waals surface area contributed by atoms with E-state index in [1.807, 2.05) is 37.3 Å². The van der Waals surface area contributed by atoms with Gasteiger partial charge in [0.05, 0.1) is 6.10 Å². The lowest BCUT2D eigenvalue weighted by molar-refractivity contribution is -0.122. The summed E-state index contributed by atoms with van der Waals surface area (Å²) in [4.78, 5) is 12.4. The molecule has 0 amide bonds. The Balaban J connectivity index is 2.70. The minimum absolute atomic E-state index is 0.0584. The van der Waals surface area contributed by atoms with Gasteiger partial charge in [0.25, 0.3) is 0 Å². The second-order valence-electron chi connectivity index (χ2n) is 8.12. The van der Waals surface area contributed by atoms with Gasteiger partial charge in [0.1, 0.15) is 5.78 Å². The summed E-state index contributed by atoms with van der Waals surface area (Å²) in [5.74, 6) is 0.0584. The predicted molar refractivity (Wildman–Crippen MR) is 107 cm³/mol. The van der Waals surface area contributed by atoms with Crippen molar-refractivity contribution in [3.05, 3.63) is 35.9 Å². The molecule has 0 aliphatic carbocycles. The highest BCUT2D eigenvalue weighted by molar-refractivity contribution is 6.77. The highest BCUT2D eigenvalue weighted by atomic mass is 28.4. The average molecular weight is 365 g/mol. The molecule has 0 spiro atoms. The van der Waals surface area contributed by atoms with Crippen molar-refractivity contribution in [3.63, 3.8) is 0 Å². The lowest BCUT2D eigenvalue weighted by Crippen LogP contribution is -2.50. The molecule has 142 valence electrons. The van der Waals surface area contributed by atoms with Crippen LogP contribution in [0, 0.1) is 0 Å². The number of aliphatic hydroxyl groups is 1. The summed E-state index contributed by atoms with van der Waals surface area (Å²) in [6.07, 6.45) is -0.320. The average Bonchev–Trinajstić information content (AvgIpc) is 2.52. The Bertz CT molecular complexity index is 503. The molecule has 0 fully saturated rings. The first kappa shape index (κ1) is 22.1. The molecule has 1 aromatic rings. The van der Waals surface area contributed by atoms with Gasteiger partial charge in [-0.3, -0.25) is 4.79 Å². The third-order valence-corrected chi connectivity index (χ3v) is 11.5. The van der Waals surface area contributed by atoms with Gasteiger partial charge in [0.2, 0.25) is 8.32 Å². The minimum Gasteiger partial charge on any atom is -0.413 e. The maximum atomic E-state index is 12.4. The van der Waals surface area contributed by atoms with Crippen molar-refractivity contribution in [2.45, 2.75) is 90.1 Å². The summed E-state index contributed by atoms with van der Waals surface area (Å²) >= 11 is 0. The lowest BCUT2D eigenvalue weighted by Gasteiger charge is -2.44. The Morgan fingerprint density at radius 2 is 1.40 bits per heavy atom. The van der Waals surface area contributed by atoms with E-state index in [1.165, 1.54) is 0 Å². The second-order valence-corrected chi connectivity index (χ2v) is 13.5. The van der Waals surface area contributed by atoms with Crippen molar-refractivity contribution in [2.75, 3.05) is 0 Å². The Kier molecular flexibility index (Phi) is 8.52. The van der Waals surface area contributed by atoms with Gasteiger partial charge in [-0.25, -0.2) is 0 Å². The first-order valence-corrected chi connectivity index (χ1v) is 11.7. The van der Waals surface area contributed by atoms with Crippen LogP contribution in [0.5, 0.6) is 0 Å². The van der Waals surface area contributed by atoms with Gasteiger partial charge in [0.15, 0.2) is 0 Å². The van der Waals surface area contributed by atoms with Gasteiger partial charge in [-0.05, 0) is 29.1 Å². The third kappa shape index (κ3) is 5.76. The van der Waals surface area contributed by atoms with Crippen molar-refractivity contribution >= 4 is 14.1 Å². The van der Waals surface area contributed by atoms with Crippen molar-refractivity contribution in [3.8, 4) is 0 Å². The summed E-state index contributed by atoms with van der Waals surface area (Å²) in [5.41, 5.74) is 2.29. The molecule has 1 N–H and O–H groups in total. The van der Waals surface area contributed by atoms with Crippen molar-refractivity contribution in [1.82, 2.24) is 0 Å². The van der Waals surface area contributed by atoms with Crippen molar-refractivity contribution < 1.29 is 14.3 Å². The molecule has 1 rings (SSSR count). The van der Waals surface area contributed by atoms with Crippen LogP contribution < -0.4 is 0 Å². The molecule has 2 atom stereocenters. The summed E-state index contributed by atoms with van der Waals surface area (Å²) in [7, 11) is -1.98. The predicted octanol–water partition coefficient (Wildman–Crippen LogP) is 5.65. The fourth-order valence-corrected chi connectivity index (χ4v) is 9.81. The molecule has 0 aliphatic rings. The number of Topliss-reactive ketones (excluding diaryl/α,β-unsaturated/α-hetero) is 1. The van der Waals surface area contributed by atoms with E-state index in [0.29, 0.717) is 23.0 Å². The monoisotopic (exact) mass is 364 g/mol. The fourth-order valence-electron chi connectivity index (χ4n) is 4.21. The molecular weight excluding hydrogens is 328 g/mol. The van der Waals surface area contributed by atoms with Crippen LogP contribution in [-0.2, 0) is 9.22 Å². The Morgan fingerprint density at radius 3 is 1.84 bits per heavy atom. The van der Waals surface area contributed by atoms with Crippen LogP contribution in [0.1, 0.15) is 73.0 Å². The summed E-state index contributed by atoms with van der Waals surface area (Å²) in [5, 5.41) is 10.2. The molecule has 0 aromatic heterocycles. The molecule has 0 radical (unpaired) electrons. The van der Waals surface area contributed by atoms with Gasteiger partial charge in [-0.2, -0.15) is 0 Å². The zero-order chi connectivity index (χ0) is 19.2. The maximum Gasteiger partial charge on any atom is 0.200 e. The Hall–Kier alpha value is -0.973. The molecule has 0 unspecified atom stereocenters. The summed E-state index contributed by atoms with van der Waals surface area (Å²) < 4.78 is 6.62. The van der Waals surface area contributed by atoms with E-state index in [9.17, 15) is 9.90 Å². The quantitative estimate of drug-likeness (QED) is 0.546. The van der Waals surface area contributed by atoms with Crippen LogP contribution in [0.3, 0.4) is 0 Å². The number of aliphatic hydroxyl groups excluding tert-OH is 1. The van der Waals surface area contributed by atoms with E-state index < -0.39 is 14.4 Å². The van der Waals surface area contributed by atoms with Crippen molar-refractivity contribution in [1.29, 1.82) is 0 Å². The van der Waals surface area contributed by atoms with Gasteiger partial charge in [-0.15, -0.1) is 0 Å². The van der Waals surface area contributed by atoms with E-state index in [4.69, 9.17) is 4.43 Å². The zero-order valence-corrected chi connectivity index (χ0v) is 18.0. The lowest BCUT2D eigenvalue weighted by atomic mass is 10.0. The van der Waals surface area contributed by atoms with Crippen LogP contribution in [0.25, 0.3) is 0 Å². The molecule has 0 saturated carbocycles. The highest BCUT2D eigenvalue weighted by Crippen LogP contribution is 2.43. The molecule has 0 saturated heterocycles. The van der Waals surface area contributed by atoms with Crippen LogP contribution in [0.2, 0.25) is 16.6 Å². The normalized spacial score (nSPS) is 15.0. The smallest absolute Gasteiger partial charge is 0.200 e. The van der Waals surface area contributed by atoms with E-state index in [1.54, 1.807) is 0 Å². The number of hydrogen-bond donors (Lipinski definition) is 1. The fraction of sp³-hybridized carbons (Fsp3) is 0.667. The number of carbonyl (C=O) groups excluding carboxylic acids is 1. The van der Waals surface area contributed by atoms with Crippen LogP contribution in [0.15, 0.2) is 30.3 Å². The first-order valence-electron chi connectivity index (χ1n) is 9.53. The van der Waals surface area contributed by atoms with E-state index >= 15 is 0 Å². The topological polar surface area (TPSA) is 46.5 Å². The van der Waals surface area contributed by atoms with Crippen molar-refractivity contribution in [2.24, 2.45) is 0 Å². The summed E-state index contributed by atoms with van der Waals surface area (Å²) in [6, 6.07) is 9.37. The van der Waals surface area contributed by atoms with E-state index in [2.05, 4.69) is 41.5 Å². The van der Waals surface area contributed by atoms with E-state index in [0.717, 1.165) is 5.56 Å². The number of benzene rings is 1. The van der Waals surface area contributed by atoms with Crippen LogP contribution in [0.4, 0.5) is 0 Å². The molecule has 4 heteroatoms. The molecule has 0 aliphatic heterocycles. The molecule has 3 nitrogen and oxygen atoms in total. The molecule has 25 heavy (non-hydrogen) atoms. The van der Waals surface area contributed by atoms with E-state index in [-0.39, 0.29) is 18.3 Å². The van der Waals surface area contributed by atoms with Gasteiger partial charge < -0.3 is 9.53 Å². The number of carbonyl (C=O) groups is 1. The molecular formula is C21H36O3Si. The first-order chi connectivity index (χ1) is 11.6. The minimum atomic E-state index is -1.98. The number of hydrogen-bond acceptors (Lipinski definition) is 3. The summed E-state index contributed by atoms with van der Waals surface area (Å²) in [6.45, 7) is 15.5. The third-order valence-electron chi connectivity index (χ3n) is 5.23. The standard InChI is InChI=1S/C21H36O3Si/c1-15(2)25(16(3)4,17(5)6)24-18(7)13-20(22)14-21(23)19-11-9-8-10-12-19/h8-12,15-18,21,23H,13-14H2,1-7H3/t18-,21-/m1/s1. The molecule has 1 aromatic carbocycles. The molecule has 0 bridgehead atoms. The van der Waals surface area contributed by atoms with Gasteiger partial charge in [0, 0.05) is 18.9 Å². The molecule has 0 heterocycles. The number of ketones is 1. The Morgan fingerprint density at radius 1 is 0.920 bits per heavy atom. The van der Waals surface area contributed by atoms with Crippen LogP contribution >= 0.6 is 0 Å². The zero-order valence-electron chi connectivity index (χ0n) is 17.0. The van der Waals surface area contributed by atoms with Gasteiger partial charge >= 0.3 is 0 Å². The SMILES string of the molecule is CC(C)[Si](O[C@H](C)CC(=O)C[C@@H](O)c1ccccc1)(C(C)C)C(C)C. The highest BCUT2D eigenvalue weighted by Gasteiger charge is 2.46. The Labute approximate surface area is 154 Å². The second kappa shape index (κ2) is 9.65. The number of rotatable bonds is 10. The van der Waals surface area contributed by atoms with Crippen LogP contribution in [-0.4, -0.2) is 25.3 Å². The largest absolute Gasteiger partial charge is 0.413 e. The van der Waals surface area contributed by atoms with Gasteiger partial charge in [-0.1, -0.05) is 71.9 Å².